The Morgan fingerprint density at radius 3 is 2.71 bits per heavy atom. The molecule has 3 rings (SSSR count). The Bertz CT molecular complexity index is 480. The van der Waals surface area contributed by atoms with Gasteiger partial charge in [0.2, 0.25) is 0 Å². The number of fused-ring (bicyclic) bond motifs is 1. The summed E-state index contributed by atoms with van der Waals surface area (Å²) in [5.41, 5.74) is 1.12. The van der Waals surface area contributed by atoms with Crippen LogP contribution in [0.15, 0.2) is 24.3 Å². The normalized spacial score (nSPS) is 26.1. The molecule has 1 saturated heterocycles. The monoisotopic (exact) mass is 288 g/mol. The summed E-state index contributed by atoms with van der Waals surface area (Å²) in [6.07, 6.45) is 4.11. The summed E-state index contributed by atoms with van der Waals surface area (Å²) in [7, 11) is 0. The number of nitrogens with one attached hydrogen (secondary N) is 1. The van der Waals surface area contributed by atoms with E-state index in [2.05, 4.69) is 55.3 Å². The lowest BCUT2D eigenvalue weighted by molar-refractivity contribution is 0.0872. The number of ether oxygens (including phenoxy) is 1. The van der Waals surface area contributed by atoms with Gasteiger partial charge in [-0.05, 0) is 52.8 Å². The molecule has 1 aromatic carbocycles. The van der Waals surface area contributed by atoms with E-state index >= 15 is 0 Å². The van der Waals surface area contributed by atoms with E-state index < -0.39 is 0 Å². The van der Waals surface area contributed by atoms with E-state index in [0.29, 0.717) is 6.04 Å². The summed E-state index contributed by atoms with van der Waals surface area (Å²) in [5.74, 6) is 1.03. The van der Waals surface area contributed by atoms with Gasteiger partial charge in [-0.1, -0.05) is 24.6 Å². The minimum absolute atomic E-state index is 0.181. The van der Waals surface area contributed by atoms with Crippen LogP contribution in [-0.4, -0.2) is 36.2 Å². The van der Waals surface area contributed by atoms with Crippen molar-refractivity contribution in [3.05, 3.63) is 29.8 Å². The van der Waals surface area contributed by atoms with Crippen molar-refractivity contribution in [2.75, 3.05) is 19.6 Å². The van der Waals surface area contributed by atoms with Crippen molar-refractivity contribution in [3.63, 3.8) is 0 Å². The van der Waals surface area contributed by atoms with Gasteiger partial charge in [-0.15, -0.1) is 0 Å². The maximum Gasteiger partial charge on any atom is 0.125 e. The van der Waals surface area contributed by atoms with Crippen LogP contribution < -0.4 is 10.1 Å². The lowest BCUT2D eigenvalue weighted by Crippen LogP contribution is -2.47. The fourth-order valence-electron chi connectivity index (χ4n) is 3.69. The molecule has 3 nitrogen and oxygen atoms in total. The zero-order valence-corrected chi connectivity index (χ0v) is 13.6. The summed E-state index contributed by atoms with van der Waals surface area (Å²) < 4.78 is 6.12. The molecule has 2 atom stereocenters. The third kappa shape index (κ3) is 3.24. The first-order valence-electron chi connectivity index (χ1n) is 8.32. The lowest BCUT2D eigenvalue weighted by atomic mass is 9.93. The second-order valence-corrected chi connectivity index (χ2v) is 7.11. The quantitative estimate of drug-likeness (QED) is 0.919. The number of hydrogen-bond acceptors (Lipinski definition) is 3. The van der Waals surface area contributed by atoms with E-state index in [9.17, 15) is 0 Å². The molecule has 2 unspecified atom stereocenters. The van der Waals surface area contributed by atoms with Crippen LogP contribution in [0.5, 0.6) is 5.75 Å². The van der Waals surface area contributed by atoms with Crippen LogP contribution in [0.4, 0.5) is 0 Å². The van der Waals surface area contributed by atoms with Crippen LogP contribution >= 0.6 is 0 Å². The molecule has 1 fully saturated rings. The number of likely N-dealkylation sites (tertiary alicyclic amines) is 1. The number of benzene rings is 1. The van der Waals surface area contributed by atoms with Crippen LogP contribution in [0, 0.1) is 0 Å². The summed E-state index contributed by atoms with van der Waals surface area (Å²) in [6.45, 7) is 10.3. The molecule has 116 valence electrons. The minimum Gasteiger partial charge on any atom is -0.486 e. The molecule has 2 aliphatic heterocycles. The number of para-hydroxylation sites is 1. The first-order chi connectivity index (χ1) is 10.1. The Morgan fingerprint density at radius 2 is 1.95 bits per heavy atom. The van der Waals surface area contributed by atoms with E-state index in [1.807, 2.05) is 0 Å². The Kier molecular flexibility index (Phi) is 4.23. The minimum atomic E-state index is -0.181. The first-order valence-corrected chi connectivity index (χ1v) is 8.32. The molecule has 0 spiro atoms. The molecule has 0 saturated carbocycles. The summed E-state index contributed by atoms with van der Waals surface area (Å²) >= 11 is 0. The highest BCUT2D eigenvalue weighted by molar-refractivity contribution is 5.42. The molecule has 0 bridgehead atoms. The molecule has 0 amide bonds. The smallest absolute Gasteiger partial charge is 0.125 e. The van der Waals surface area contributed by atoms with E-state index in [0.717, 1.165) is 12.3 Å². The van der Waals surface area contributed by atoms with Gasteiger partial charge in [0, 0.05) is 18.2 Å². The molecule has 0 radical (unpaired) electrons. The molecule has 2 aliphatic rings. The van der Waals surface area contributed by atoms with Gasteiger partial charge in [-0.3, -0.25) is 0 Å². The number of nitrogens with zero attached hydrogens (tertiary/aromatic N) is 1. The Morgan fingerprint density at radius 1 is 1.24 bits per heavy atom. The van der Waals surface area contributed by atoms with Crippen molar-refractivity contribution in [1.82, 2.24) is 10.2 Å². The molecule has 2 heterocycles. The van der Waals surface area contributed by atoms with Crippen LogP contribution in [-0.2, 0) is 0 Å². The fraction of sp³-hybridized carbons (Fsp3) is 0.667. The SMILES string of the molecule is CC(CN1CCCCC1)NC1c2ccccc2OC1(C)C. The van der Waals surface area contributed by atoms with Crippen molar-refractivity contribution in [3.8, 4) is 5.75 Å². The predicted molar refractivity (Wildman–Crippen MR) is 86.8 cm³/mol. The van der Waals surface area contributed by atoms with Gasteiger partial charge >= 0.3 is 0 Å². The molecular formula is C18H28N2O. The van der Waals surface area contributed by atoms with Gasteiger partial charge in [-0.2, -0.15) is 0 Å². The fourth-order valence-corrected chi connectivity index (χ4v) is 3.69. The maximum absolute atomic E-state index is 6.12. The Labute approximate surface area is 128 Å². The zero-order chi connectivity index (χ0) is 14.9. The molecule has 0 aliphatic carbocycles. The molecule has 0 aromatic heterocycles. The number of piperidine rings is 1. The van der Waals surface area contributed by atoms with Crippen molar-refractivity contribution in [2.45, 2.75) is 57.7 Å². The van der Waals surface area contributed by atoms with Crippen LogP contribution in [0.2, 0.25) is 0 Å². The van der Waals surface area contributed by atoms with Crippen molar-refractivity contribution >= 4 is 0 Å². The van der Waals surface area contributed by atoms with Gasteiger partial charge in [0.15, 0.2) is 0 Å². The lowest BCUT2D eigenvalue weighted by Gasteiger charge is -2.33. The second-order valence-electron chi connectivity index (χ2n) is 7.11. The third-order valence-corrected chi connectivity index (χ3v) is 4.73. The van der Waals surface area contributed by atoms with E-state index in [1.54, 1.807) is 0 Å². The second kappa shape index (κ2) is 5.98. The molecule has 3 heteroatoms. The highest BCUT2D eigenvalue weighted by Gasteiger charge is 2.41. The van der Waals surface area contributed by atoms with E-state index in [4.69, 9.17) is 4.74 Å². The van der Waals surface area contributed by atoms with Gasteiger partial charge < -0.3 is 15.0 Å². The van der Waals surface area contributed by atoms with Crippen LogP contribution in [0.1, 0.15) is 51.6 Å². The standard InChI is InChI=1S/C18H28N2O/c1-14(13-20-11-7-4-8-12-20)19-17-15-9-5-6-10-16(15)21-18(17,2)3/h5-6,9-10,14,17,19H,4,7-8,11-13H2,1-3H3. The molecular weight excluding hydrogens is 260 g/mol. The maximum atomic E-state index is 6.12. The Hall–Kier alpha value is -1.06. The molecule has 1 N–H and O–H groups in total. The van der Waals surface area contributed by atoms with Crippen LogP contribution in [0.25, 0.3) is 0 Å². The van der Waals surface area contributed by atoms with Gasteiger partial charge in [0.05, 0.1) is 6.04 Å². The molecule has 21 heavy (non-hydrogen) atoms. The topological polar surface area (TPSA) is 24.5 Å². The van der Waals surface area contributed by atoms with Crippen LogP contribution in [0.3, 0.4) is 0 Å². The largest absolute Gasteiger partial charge is 0.486 e. The average Bonchev–Trinajstić information content (AvgIpc) is 2.71. The molecule has 1 aromatic rings. The summed E-state index contributed by atoms with van der Waals surface area (Å²) in [4.78, 5) is 2.59. The summed E-state index contributed by atoms with van der Waals surface area (Å²) in [5, 5.41) is 3.81. The van der Waals surface area contributed by atoms with E-state index in [1.165, 1.54) is 37.9 Å². The first kappa shape index (κ1) is 14.9. The number of rotatable bonds is 4. The van der Waals surface area contributed by atoms with Crippen molar-refractivity contribution in [1.29, 1.82) is 0 Å². The highest BCUT2D eigenvalue weighted by atomic mass is 16.5. The average molecular weight is 288 g/mol. The zero-order valence-electron chi connectivity index (χ0n) is 13.6. The van der Waals surface area contributed by atoms with Gasteiger partial charge in [0.25, 0.3) is 0 Å². The van der Waals surface area contributed by atoms with E-state index in [-0.39, 0.29) is 11.6 Å². The van der Waals surface area contributed by atoms with Gasteiger partial charge in [0.1, 0.15) is 11.4 Å². The summed E-state index contributed by atoms with van der Waals surface area (Å²) in [6, 6.07) is 9.17. The highest BCUT2D eigenvalue weighted by Crippen LogP contribution is 2.42. The van der Waals surface area contributed by atoms with Crippen molar-refractivity contribution in [2.24, 2.45) is 0 Å². The van der Waals surface area contributed by atoms with Crippen molar-refractivity contribution < 1.29 is 4.74 Å². The number of hydrogen-bond donors (Lipinski definition) is 1. The Balaban J connectivity index is 1.65. The van der Waals surface area contributed by atoms with Gasteiger partial charge in [-0.25, -0.2) is 0 Å². The predicted octanol–water partition coefficient (Wildman–Crippen LogP) is 3.36. The third-order valence-electron chi connectivity index (χ3n) is 4.73.